The summed E-state index contributed by atoms with van der Waals surface area (Å²) in [6, 6.07) is 19.8. The number of nitrogens with zero attached hydrogens (tertiary/aromatic N) is 2. The van der Waals surface area contributed by atoms with Crippen molar-refractivity contribution in [3.05, 3.63) is 71.8 Å². The molecule has 2 aromatic carbocycles. The van der Waals surface area contributed by atoms with E-state index >= 15 is 0 Å². The summed E-state index contributed by atoms with van der Waals surface area (Å²) in [4.78, 5) is 7.63. The van der Waals surface area contributed by atoms with Crippen molar-refractivity contribution in [2.75, 3.05) is 20.1 Å². The van der Waals surface area contributed by atoms with Gasteiger partial charge < -0.3 is 9.94 Å². The molecule has 23 heavy (non-hydrogen) atoms. The molecule has 0 bridgehead atoms. The molecular formula is C19H22N2O2. The predicted molar refractivity (Wildman–Crippen MR) is 91.4 cm³/mol. The summed E-state index contributed by atoms with van der Waals surface area (Å²) in [6.45, 7) is 1.31. The van der Waals surface area contributed by atoms with Crippen molar-refractivity contribution < 1.29 is 9.94 Å². The second-order valence-corrected chi connectivity index (χ2v) is 5.98. The fourth-order valence-corrected chi connectivity index (χ4v) is 2.83. The molecule has 1 heterocycles. The molecule has 4 heteroatoms. The number of benzene rings is 2. The molecule has 0 spiro atoms. The van der Waals surface area contributed by atoms with Crippen molar-refractivity contribution >= 4 is 5.71 Å². The molecule has 1 aliphatic rings. The Hall–Kier alpha value is -2.17. The number of oxime groups is 1. The van der Waals surface area contributed by atoms with Crippen LogP contribution in [-0.2, 0) is 4.84 Å². The number of likely N-dealkylation sites (N-methyl/N-ethyl adjacent to an activating group) is 1. The molecule has 0 aromatic heterocycles. The molecule has 2 aromatic rings. The summed E-state index contributed by atoms with van der Waals surface area (Å²) in [7, 11) is 2.00. The lowest BCUT2D eigenvalue weighted by Crippen LogP contribution is -2.32. The van der Waals surface area contributed by atoms with E-state index in [1.165, 1.54) is 0 Å². The SMILES string of the molecule is CN(CC1CC(c2ccccc2)=NO1)CC(O)c1ccccc1. The van der Waals surface area contributed by atoms with Gasteiger partial charge in [-0.15, -0.1) is 0 Å². The van der Waals surface area contributed by atoms with E-state index in [0.29, 0.717) is 6.54 Å². The minimum Gasteiger partial charge on any atom is -0.390 e. The van der Waals surface area contributed by atoms with Crippen molar-refractivity contribution in [1.82, 2.24) is 4.90 Å². The number of hydrogen-bond acceptors (Lipinski definition) is 4. The standard InChI is InChI=1S/C19H22N2O2/c1-21(14-19(22)16-10-6-3-7-11-16)13-17-12-18(20-23-17)15-8-4-2-5-9-15/h2-11,17,19,22H,12-14H2,1H3. The molecule has 3 rings (SSSR count). The highest BCUT2D eigenvalue weighted by molar-refractivity contribution is 6.01. The largest absolute Gasteiger partial charge is 0.390 e. The van der Waals surface area contributed by atoms with Crippen molar-refractivity contribution in [3.8, 4) is 0 Å². The van der Waals surface area contributed by atoms with Gasteiger partial charge in [-0.05, 0) is 18.2 Å². The Morgan fingerprint density at radius 2 is 1.78 bits per heavy atom. The normalized spacial score (nSPS) is 18.6. The quantitative estimate of drug-likeness (QED) is 0.892. The van der Waals surface area contributed by atoms with E-state index in [-0.39, 0.29) is 6.10 Å². The Bertz CT molecular complexity index is 643. The van der Waals surface area contributed by atoms with E-state index in [1.54, 1.807) is 0 Å². The highest BCUT2D eigenvalue weighted by Gasteiger charge is 2.24. The summed E-state index contributed by atoms with van der Waals surface area (Å²) in [5.41, 5.74) is 3.04. The van der Waals surface area contributed by atoms with Gasteiger partial charge in [0.25, 0.3) is 0 Å². The molecule has 1 N–H and O–H groups in total. The van der Waals surface area contributed by atoms with Gasteiger partial charge in [-0.1, -0.05) is 65.8 Å². The first-order chi connectivity index (χ1) is 11.2. The topological polar surface area (TPSA) is 45.1 Å². The molecule has 1 aliphatic heterocycles. The summed E-state index contributed by atoms with van der Waals surface area (Å²) < 4.78 is 0. The molecule has 0 aliphatic carbocycles. The highest BCUT2D eigenvalue weighted by Crippen LogP contribution is 2.18. The number of aliphatic hydroxyl groups excluding tert-OH is 1. The van der Waals surface area contributed by atoms with Crippen LogP contribution < -0.4 is 0 Å². The third-order valence-electron chi connectivity index (χ3n) is 4.02. The van der Waals surface area contributed by atoms with Crippen LogP contribution in [0.1, 0.15) is 23.7 Å². The average molecular weight is 310 g/mol. The lowest BCUT2D eigenvalue weighted by atomic mass is 10.0. The van der Waals surface area contributed by atoms with E-state index in [1.807, 2.05) is 67.7 Å². The maximum absolute atomic E-state index is 10.3. The summed E-state index contributed by atoms with van der Waals surface area (Å²) >= 11 is 0. The maximum atomic E-state index is 10.3. The van der Waals surface area contributed by atoms with Crippen molar-refractivity contribution in [3.63, 3.8) is 0 Å². The van der Waals surface area contributed by atoms with E-state index in [9.17, 15) is 5.11 Å². The zero-order chi connectivity index (χ0) is 16.1. The van der Waals surface area contributed by atoms with Crippen LogP contribution in [0.4, 0.5) is 0 Å². The molecule has 0 radical (unpaired) electrons. The molecule has 2 unspecified atom stereocenters. The van der Waals surface area contributed by atoms with Crippen molar-refractivity contribution in [2.24, 2.45) is 5.16 Å². The van der Waals surface area contributed by atoms with Crippen LogP contribution in [0.3, 0.4) is 0 Å². The molecule has 0 saturated carbocycles. The molecule has 0 saturated heterocycles. The van der Waals surface area contributed by atoms with Gasteiger partial charge in [0.2, 0.25) is 0 Å². The predicted octanol–water partition coefficient (Wildman–Crippen LogP) is 2.85. The summed E-state index contributed by atoms with van der Waals surface area (Å²) in [5, 5.41) is 14.5. The van der Waals surface area contributed by atoms with Gasteiger partial charge >= 0.3 is 0 Å². The Labute approximate surface area is 137 Å². The molecular weight excluding hydrogens is 288 g/mol. The van der Waals surface area contributed by atoms with Gasteiger partial charge in [0.15, 0.2) is 0 Å². The smallest absolute Gasteiger partial charge is 0.145 e. The lowest BCUT2D eigenvalue weighted by molar-refractivity contribution is 0.0440. The van der Waals surface area contributed by atoms with E-state index in [4.69, 9.17) is 4.84 Å². The van der Waals surface area contributed by atoms with Crippen LogP contribution in [0, 0.1) is 0 Å². The van der Waals surface area contributed by atoms with Gasteiger partial charge in [-0.25, -0.2) is 0 Å². The third-order valence-corrected chi connectivity index (χ3v) is 4.02. The van der Waals surface area contributed by atoms with E-state index < -0.39 is 6.10 Å². The Morgan fingerprint density at radius 1 is 1.13 bits per heavy atom. The van der Waals surface area contributed by atoms with Crippen LogP contribution >= 0.6 is 0 Å². The Morgan fingerprint density at radius 3 is 2.48 bits per heavy atom. The van der Waals surface area contributed by atoms with Gasteiger partial charge in [-0.3, -0.25) is 4.90 Å². The Kier molecular flexibility index (Phi) is 5.05. The summed E-state index contributed by atoms with van der Waals surface area (Å²) in [5.74, 6) is 0. The van der Waals surface area contributed by atoms with E-state index in [0.717, 1.165) is 29.8 Å². The minimum atomic E-state index is -0.489. The fraction of sp³-hybridized carbons (Fsp3) is 0.316. The van der Waals surface area contributed by atoms with Crippen LogP contribution in [0.25, 0.3) is 0 Å². The zero-order valence-electron chi connectivity index (χ0n) is 13.3. The van der Waals surface area contributed by atoms with Crippen molar-refractivity contribution in [1.29, 1.82) is 0 Å². The lowest BCUT2D eigenvalue weighted by Gasteiger charge is -2.22. The maximum Gasteiger partial charge on any atom is 0.145 e. The van der Waals surface area contributed by atoms with Crippen LogP contribution in [0.15, 0.2) is 65.8 Å². The van der Waals surface area contributed by atoms with Gasteiger partial charge in [0, 0.05) is 19.5 Å². The van der Waals surface area contributed by atoms with Gasteiger partial charge in [0.1, 0.15) is 6.10 Å². The highest BCUT2D eigenvalue weighted by atomic mass is 16.6. The summed E-state index contributed by atoms with van der Waals surface area (Å²) in [6.07, 6.45) is 0.353. The van der Waals surface area contributed by atoms with Crippen LogP contribution in [-0.4, -0.2) is 42.0 Å². The Balaban J connectivity index is 1.49. The van der Waals surface area contributed by atoms with Crippen molar-refractivity contribution in [2.45, 2.75) is 18.6 Å². The van der Waals surface area contributed by atoms with Crippen LogP contribution in [0.2, 0.25) is 0 Å². The molecule has 2 atom stereocenters. The molecule has 120 valence electrons. The second kappa shape index (κ2) is 7.40. The van der Waals surface area contributed by atoms with Crippen LogP contribution in [0.5, 0.6) is 0 Å². The third kappa shape index (κ3) is 4.18. The number of rotatable bonds is 6. The fourth-order valence-electron chi connectivity index (χ4n) is 2.83. The van der Waals surface area contributed by atoms with Gasteiger partial charge in [-0.2, -0.15) is 0 Å². The number of hydrogen-bond donors (Lipinski definition) is 1. The average Bonchev–Trinajstić information content (AvgIpc) is 3.04. The second-order valence-electron chi connectivity index (χ2n) is 5.98. The molecule has 4 nitrogen and oxygen atoms in total. The number of aliphatic hydroxyl groups is 1. The van der Waals surface area contributed by atoms with E-state index in [2.05, 4.69) is 10.1 Å². The minimum absolute atomic E-state index is 0.0400. The molecule has 0 amide bonds. The first-order valence-electron chi connectivity index (χ1n) is 7.92. The molecule has 0 fully saturated rings. The first-order valence-corrected chi connectivity index (χ1v) is 7.92. The van der Waals surface area contributed by atoms with Gasteiger partial charge in [0.05, 0.1) is 11.8 Å². The zero-order valence-corrected chi connectivity index (χ0v) is 13.3. The monoisotopic (exact) mass is 310 g/mol. The first kappa shape index (κ1) is 15.7.